The first-order chi connectivity index (χ1) is 14.5. The number of nitrogens with zero attached hydrogens (tertiary/aromatic N) is 2. The number of anilines is 2. The van der Waals surface area contributed by atoms with E-state index in [-0.39, 0.29) is 30.5 Å². The Kier molecular flexibility index (Phi) is 4.43. The minimum Gasteiger partial charge on any atom is -0.449 e. The van der Waals surface area contributed by atoms with E-state index in [0.717, 1.165) is 36.1 Å². The highest BCUT2D eigenvalue weighted by Gasteiger charge is 2.53. The molecule has 1 N–H and O–H groups in total. The third-order valence-corrected chi connectivity index (χ3v) is 6.43. The van der Waals surface area contributed by atoms with E-state index in [1.54, 1.807) is 11.0 Å². The molecule has 3 aliphatic rings. The van der Waals surface area contributed by atoms with Gasteiger partial charge in [-0.05, 0) is 36.6 Å². The molecule has 5 rings (SSSR count). The summed E-state index contributed by atoms with van der Waals surface area (Å²) in [4.78, 5) is 39.2. The van der Waals surface area contributed by atoms with Gasteiger partial charge in [0.25, 0.3) is 0 Å². The first-order valence-corrected chi connectivity index (χ1v) is 10.3. The number of benzene rings is 2. The number of urea groups is 1. The van der Waals surface area contributed by atoms with Crippen molar-refractivity contribution in [3.8, 4) is 11.1 Å². The van der Waals surface area contributed by atoms with Gasteiger partial charge in [-0.3, -0.25) is 19.9 Å². The molecule has 2 saturated heterocycles. The zero-order chi connectivity index (χ0) is 20.9. The summed E-state index contributed by atoms with van der Waals surface area (Å²) in [6, 6.07) is 12.6. The number of amides is 4. The normalized spacial score (nSPS) is 20.2. The third kappa shape index (κ3) is 3.10. The van der Waals surface area contributed by atoms with E-state index in [4.69, 9.17) is 16.3 Å². The van der Waals surface area contributed by atoms with Crippen LogP contribution in [0.5, 0.6) is 0 Å². The van der Waals surface area contributed by atoms with E-state index < -0.39 is 6.03 Å². The summed E-state index contributed by atoms with van der Waals surface area (Å²) in [5.74, 6) is -0.288. The van der Waals surface area contributed by atoms with Gasteiger partial charge in [0.1, 0.15) is 0 Å². The minimum absolute atomic E-state index is 0.0898. The van der Waals surface area contributed by atoms with Gasteiger partial charge in [0.15, 0.2) is 0 Å². The molecule has 0 bridgehead atoms. The van der Waals surface area contributed by atoms with Crippen molar-refractivity contribution in [2.24, 2.45) is 0 Å². The summed E-state index contributed by atoms with van der Waals surface area (Å²) in [6.07, 6.45) is 2.79. The van der Waals surface area contributed by atoms with Gasteiger partial charge in [-0.15, -0.1) is 0 Å². The van der Waals surface area contributed by atoms with Crippen molar-refractivity contribution < 1.29 is 19.1 Å². The summed E-state index contributed by atoms with van der Waals surface area (Å²) in [6.45, 7) is 0.761. The second kappa shape index (κ2) is 7.02. The molecule has 154 valence electrons. The van der Waals surface area contributed by atoms with Crippen LogP contribution in [0.15, 0.2) is 42.5 Å². The molecule has 8 heteroatoms. The van der Waals surface area contributed by atoms with Crippen LogP contribution in [-0.2, 0) is 9.53 Å². The summed E-state index contributed by atoms with van der Waals surface area (Å²) in [7, 11) is 0. The Hall–Kier alpha value is -3.06. The van der Waals surface area contributed by atoms with E-state index in [1.165, 1.54) is 4.90 Å². The molecule has 1 spiro atoms. The highest BCUT2D eigenvalue weighted by Crippen LogP contribution is 2.49. The molecule has 7 nitrogen and oxygen atoms in total. The van der Waals surface area contributed by atoms with Crippen LogP contribution >= 0.6 is 11.6 Å². The average molecular weight is 426 g/mol. The van der Waals surface area contributed by atoms with Crippen LogP contribution in [0, 0.1) is 0 Å². The molecule has 0 radical (unpaired) electrons. The topological polar surface area (TPSA) is 79.0 Å². The molecule has 2 heterocycles. The maximum atomic E-state index is 12.3. The Bertz CT molecular complexity index is 1050. The van der Waals surface area contributed by atoms with Crippen molar-refractivity contribution in [2.45, 2.75) is 31.2 Å². The summed E-state index contributed by atoms with van der Waals surface area (Å²) >= 11 is 6.65. The van der Waals surface area contributed by atoms with Crippen molar-refractivity contribution in [3.05, 3.63) is 47.5 Å². The molecule has 4 amide bonds. The van der Waals surface area contributed by atoms with E-state index in [9.17, 15) is 14.4 Å². The molecule has 0 unspecified atom stereocenters. The number of hydrogen-bond donors (Lipinski definition) is 1. The summed E-state index contributed by atoms with van der Waals surface area (Å²) < 4.78 is 5.25. The van der Waals surface area contributed by atoms with Gasteiger partial charge in [-0.25, -0.2) is 9.59 Å². The first kappa shape index (κ1) is 18.9. The van der Waals surface area contributed by atoms with Crippen LogP contribution in [0.2, 0.25) is 5.02 Å². The molecule has 1 aliphatic carbocycles. The lowest BCUT2D eigenvalue weighted by atomic mass is 10.0. The predicted octanol–water partition coefficient (Wildman–Crippen LogP) is 4.33. The smallest absolute Gasteiger partial charge is 0.414 e. The van der Waals surface area contributed by atoms with Gasteiger partial charge in [0, 0.05) is 30.6 Å². The predicted molar refractivity (Wildman–Crippen MR) is 113 cm³/mol. The number of nitrogens with one attached hydrogen (secondary N) is 1. The lowest BCUT2D eigenvalue weighted by Crippen LogP contribution is -2.49. The molecule has 2 aromatic rings. The Morgan fingerprint density at radius 1 is 1.00 bits per heavy atom. The van der Waals surface area contributed by atoms with E-state index in [0.29, 0.717) is 17.3 Å². The maximum Gasteiger partial charge on any atom is 0.414 e. The standard InChI is InChI=1S/C22H20ClN3O4/c23-19-16(2-1-3-17(19)25-12-8-18(27)24-20(25)28)14-4-6-15(7-5-14)26-21(29)30-13-11-22(26)9-10-22/h1-7H,8-13H2,(H,24,27,28). The van der Waals surface area contributed by atoms with E-state index >= 15 is 0 Å². The molecule has 30 heavy (non-hydrogen) atoms. The van der Waals surface area contributed by atoms with Crippen molar-refractivity contribution in [1.29, 1.82) is 0 Å². The van der Waals surface area contributed by atoms with Crippen LogP contribution in [0.1, 0.15) is 25.7 Å². The van der Waals surface area contributed by atoms with Crippen LogP contribution in [-0.4, -0.2) is 36.7 Å². The Balaban J connectivity index is 1.45. The molecule has 1 saturated carbocycles. The maximum absolute atomic E-state index is 12.3. The molecule has 0 atom stereocenters. The Morgan fingerprint density at radius 2 is 1.77 bits per heavy atom. The molecular weight excluding hydrogens is 406 g/mol. The van der Waals surface area contributed by atoms with Crippen LogP contribution < -0.4 is 15.1 Å². The number of halogens is 1. The monoisotopic (exact) mass is 425 g/mol. The van der Waals surface area contributed by atoms with Crippen molar-refractivity contribution in [1.82, 2.24) is 5.32 Å². The second-order valence-electron chi connectivity index (χ2n) is 7.86. The molecular formula is C22H20ClN3O4. The van der Waals surface area contributed by atoms with Crippen molar-refractivity contribution in [2.75, 3.05) is 23.0 Å². The highest BCUT2D eigenvalue weighted by atomic mass is 35.5. The van der Waals surface area contributed by atoms with Crippen LogP contribution in [0.4, 0.5) is 21.0 Å². The fourth-order valence-electron chi connectivity index (χ4n) is 4.23. The van der Waals surface area contributed by atoms with Crippen molar-refractivity contribution in [3.63, 3.8) is 0 Å². The van der Waals surface area contributed by atoms with Gasteiger partial charge in [0.05, 0.1) is 22.9 Å². The number of carbonyl (C=O) groups excluding carboxylic acids is 3. The molecule has 2 aromatic carbocycles. The first-order valence-electron chi connectivity index (χ1n) is 9.96. The van der Waals surface area contributed by atoms with Gasteiger partial charge in [0.2, 0.25) is 5.91 Å². The number of imide groups is 1. The minimum atomic E-state index is -0.473. The molecule has 2 aliphatic heterocycles. The van der Waals surface area contributed by atoms with Gasteiger partial charge in [-0.2, -0.15) is 0 Å². The highest BCUT2D eigenvalue weighted by molar-refractivity contribution is 6.36. The van der Waals surface area contributed by atoms with E-state index in [2.05, 4.69) is 5.32 Å². The number of cyclic esters (lactones) is 1. The number of rotatable bonds is 3. The zero-order valence-corrected chi connectivity index (χ0v) is 16.9. The lowest BCUT2D eigenvalue weighted by molar-refractivity contribution is -0.120. The van der Waals surface area contributed by atoms with Crippen molar-refractivity contribution >= 4 is 41.0 Å². The molecule has 3 fully saturated rings. The second-order valence-corrected chi connectivity index (χ2v) is 8.24. The summed E-state index contributed by atoms with van der Waals surface area (Å²) in [5, 5.41) is 2.75. The number of carbonyl (C=O) groups is 3. The van der Waals surface area contributed by atoms with E-state index in [1.807, 2.05) is 36.4 Å². The van der Waals surface area contributed by atoms with Gasteiger partial charge >= 0.3 is 12.1 Å². The lowest BCUT2D eigenvalue weighted by Gasteiger charge is -2.35. The summed E-state index contributed by atoms with van der Waals surface area (Å²) in [5.41, 5.74) is 2.91. The third-order valence-electron chi connectivity index (χ3n) is 6.04. The quantitative estimate of drug-likeness (QED) is 0.793. The largest absolute Gasteiger partial charge is 0.449 e. The van der Waals surface area contributed by atoms with Crippen LogP contribution in [0.25, 0.3) is 11.1 Å². The molecule has 0 aromatic heterocycles. The number of ether oxygens (including phenoxy) is 1. The fraction of sp³-hybridized carbons (Fsp3) is 0.318. The van der Waals surface area contributed by atoms with Crippen LogP contribution in [0.3, 0.4) is 0 Å². The fourth-order valence-corrected chi connectivity index (χ4v) is 4.57. The van der Waals surface area contributed by atoms with Gasteiger partial charge in [-0.1, -0.05) is 35.9 Å². The number of hydrogen-bond acceptors (Lipinski definition) is 4. The Morgan fingerprint density at radius 3 is 2.47 bits per heavy atom. The SMILES string of the molecule is O=C1CCN(c2cccc(-c3ccc(N4C(=O)OCCC45CC5)cc3)c2Cl)C(=O)N1. The van der Waals surface area contributed by atoms with Gasteiger partial charge < -0.3 is 4.74 Å². The average Bonchev–Trinajstić information content (AvgIpc) is 3.49. The zero-order valence-electron chi connectivity index (χ0n) is 16.2. The Labute approximate surface area is 178 Å².